The minimum Gasteiger partial charge on any atom is -0.446 e. The number of anilines is 1. The van der Waals surface area contributed by atoms with Gasteiger partial charge in [-0.3, -0.25) is 9.59 Å². The normalized spacial score (nSPS) is 14.2. The Bertz CT molecular complexity index is 998. The van der Waals surface area contributed by atoms with Crippen molar-refractivity contribution in [2.75, 3.05) is 5.32 Å². The molecule has 1 aliphatic rings. The van der Waals surface area contributed by atoms with Crippen LogP contribution in [0.3, 0.4) is 0 Å². The number of amides is 2. The van der Waals surface area contributed by atoms with Crippen molar-refractivity contribution in [1.29, 1.82) is 0 Å². The molecule has 29 heavy (non-hydrogen) atoms. The Hall–Kier alpha value is -3.12. The minimum absolute atomic E-state index is 0.00343. The Kier molecular flexibility index (Phi) is 5.62. The Morgan fingerprint density at radius 1 is 1.10 bits per heavy atom. The van der Waals surface area contributed by atoms with E-state index in [-0.39, 0.29) is 17.5 Å². The van der Waals surface area contributed by atoms with Gasteiger partial charge in [0, 0.05) is 23.0 Å². The fraction of sp³-hybridized carbons (Fsp3) is 0.227. The lowest BCUT2D eigenvalue weighted by atomic mass is 10.1. The highest BCUT2D eigenvalue weighted by Gasteiger charge is 2.32. The van der Waals surface area contributed by atoms with Crippen LogP contribution in [-0.2, 0) is 11.2 Å². The lowest BCUT2D eigenvalue weighted by Crippen LogP contribution is -2.31. The van der Waals surface area contributed by atoms with Crippen molar-refractivity contribution in [2.45, 2.75) is 25.3 Å². The fourth-order valence-electron chi connectivity index (χ4n) is 2.97. The highest BCUT2D eigenvalue weighted by Crippen LogP contribution is 2.30. The predicted molar refractivity (Wildman–Crippen MR) is 110 cm³/mol. The zero-order chi connectivity index (χ0) is 20.2. The molecule has 1 heterocycles. The lowest BCUT2D eigenvalue weighted by Gasteiger charge is -2.15. The maximum Gasteiger partial charge on any atom is 0.277 e. The number of aromatic nitrogens is 1. The van der Waals surface area contributed by atoms with Crippen molar-refractivity contribution in [3.8, 4) is 0 Å². The van der Waals surface area contributed by atoms with Crippen LogP contribution in [0.1, 0.15) is 40.8 Å². The molecule has 1 aliphatic carbocycles. The average molecular weight is 410 g/mol. The number of hydrogen-bond donors (Lipinski definition) is 2. The van der Waals surface area contributed by atoms with Crippen LogP contribution in [-0.4, -0.2) is 16.8 Å². The molecular weight excluding hydrogens is 390 g/mol. The minimum atomic E-state index is -0.442. The smallest absolute Gasteiger partial charge is 0.277 e. The molecule has 2 aromatic carbocycles. The van der Waals surface area contributed by atoms with E-state index in [4.69, 9.17) is 16.0 Å². The van der Waals surface area contributed by atoms with Crippen molar-refractivity contribution in [3.05, 3.63) is 83.0 Å². The summed E-state index contributed by atoms with van der Waals surface area (Å²) in [5, 5.41) is 6.34. The summed E-state index contributed by atoms with van der Waals surface area (Å²) < 4.78 is 5.57. The number of benzene rings is 2. The molecule has 3 aromatic rings. The van der Waals surface area contributed by atoms with Crippen LogP contribution in [0.5, 0.6) is 0 Å². The molecule has 2 N–H and O–H groups in total. The Morgan fingerprint density at radius 2 is 1.83 bits per heavy atom. The molecule has 0 bridgehead atoms. The molecule has 1 aromatic heterocycles. The third kappa shape index (κ3) is 5.03. The molecule has 4 rings (SSSR count). The van der Waals surface area contributed by atoms with Crippen LogP contribution in [0.15, 0.2) is 65.3 Å². The van der Waals surface area contributed by atoms with Crippen LogP contribution in [0.2, 0.25) is 5.02 Å². The summed E-state index contributed by atoms with van der Waals surface area (Å²) >= 11 is 5.86. The molecular formula is C22H20ClN3O3. The highest BCUT2D eigenvalue weighted by molar-refractivity contribution is 6.30. The standard InChI is InChI=1S/C22H20ClN3O3/c23-16-8-10-17(11-9-16)24-21(28)19-13-29-22(26-19)18(25-20(27)15-6-7-15)12-14-4-2-1-3-5-14/h1-5,8-11,13,15,18H,6-7,12H2,(H,24,28)(H,25,27)/t18-/m1/s1. The summed E-state index contributed by atoms with van der Waals surface area (Å²) in [6.07, 6.45) is 3.65. The Balaban J connectivity index is 1.50. The van der Waals surface area contributed by atoms with Crippen LogP contribution in [0, 0.1) is 5.92 Å². The third-order valence-corrected chi connectivity index (χ3v) is 4.95. The number of carbonyl (C=O) groups excluding carboxylic acids is 2. The van der Waals surface area contributed by atoms with Crippen molar-refractivity contribution < 1.29 is 14.0 Å². The number of hydrogen-bond acceptors (Lipinski definition) is 4. The first-order valence-corrected chi connectivity index (χ1v) is 9.83. The van der Waals surface area contributed by atoms with Gasteiger partial charge >= 0.3 is 0 Å². The van der Waals surface area contributed by atoms with Gasteiger partial charge in [-0.2, -0.15) is 0 Å². The van der Waals surface area contributed by atoms with E-state index in [0.29, 0.717) is 23.0 Å². The summed E-state index contributed by atoms with van der Waals surface area (Å²) in [6, 6.07) is 16.1. The first kappa shape index (κ1) is 19.2. The number of halogens is 1. The molecule has 2 amide bonds. The average Bonchev–Trinajstić information content (AvgIpc) is 3.46. The van der Waals surface area contributed by atoms with E-state index in [0.717, 1.165) is 18.4 Å². The van der Waals surface area contributed by atoms with Gasteiger partial charge in [-0.05, 0) is 42.7 Å². The van der Waals surface area contributed by atoms with Gasteiger partial charge in [-0.15, -0.1) is 0 Å². The number of rotatable bonds is 7. The van der Waals surface area contributed by atoms with Crippen LogP contribution in [0.4, 0.5) is 5.69 Å². The van der Waals surface area contributed by atoms with Gasteiger partial charge in [0.15, 0.2) is 5.69 Å². The molecule has 0 saturated heterocycles. The lowest BCUT2D eigenvalue weighted by molar-refractivity contribution is -0.123. The molecule has 0 spiro atoms. The first-order chi connectivity index (χ1) is 14.1. The van der Waals surface area contributed by atoms with E-state index in [9.17, 15) is 9.59 Å². The SMILES string of the molecule is O=C(Nc1ccc(Cl)cc1)c1coc([C@@H](Cc2ccccc2)NC(=O)C2CC2)n1. The molecule has 1 saturated carbocycles. The molecule has 1 atom stereocenters. The van der Waals surface area contributed by atoms with Crippen LogP contribution in [0.25, 0.3) is 0 Å². The van der Waals surface area contributed by atoms with Crippen LogP contribution < -0.4 is 10.6 Å². The van der Waals surface area contributed by atoms with E-state index in [1.807, 2.05) is 30.3 Å². The molecule has 6 nitrogen and oxygen atoms in total. The molecule has 0 unspecified atom stereocenters. The maximum atomic E-state index is 12.5. The van der Waals surface area contributed by atoms with Gasteiger partial charge in [-0.1, -0.05) is 41.9 Å². The number of nitrogens with zero attached hydrogens (tertiary/aromatic N) is 1. The van der Waals surface area contributed by atoms with Crippen molar-refractivity contribution in [1.82, 2.24) is 10.3 Å². The number of nitrogens with one attached hydrogen (secondary N) is 2. The summed E-state index contributed by atoms with van der Waals surface area (Å²) in [5.41, 5.74) is 1.79. The molecule has 148 valence electrons. The number of oxazole rings is 1. The van der Waals surface area contributed by atoms with E-state index >= 15 is 0 Å². The fourth-order valence-corrected chi connectivity index (χ4v) is 3.09. The molecule has 0 aliphatic heterocycles. The molecule has 1 fully saturated rings. The zero-order valence-electron chi connectivity index (χ0n) is 15.6. The molecule has 7 heteroatoms. The second kappa shape index (κ2) is 8.49. The monoisotopic (exact) mass is 409 g/mol. The van der Waals surface area contributed by atoms with Gasteiger partial charge < -0.3 is 15.1 Å². The highest BCUT2D eigenvalue weighted by atomic mass is 35.5. The summed E-state index contributed by atoms with van der Waals surface area (Å²) in [4.78, 5) is 29.1. The van der Waals surface area contributed by atoms with Crippen molar-refractivity contribution in [3.63, 3.8) is 0 Å². The summed E-state index contributed by atoms with van der Waals surface area (Å²) in [7, 11) is 0. The Labute approximate surface area is 173 Å². The Morgan fingerprint density at radius 3 is 2.52 bits per heavy atom. The van der Waals surface area contributed by atoms with Gasteiger partial charge in [0.25, 0.3) is 5.91 Å². The first-order valence-electron chi connectivity index (χ1n) is 9.45. The second-order valence-electron chi connectivity index (χ2n) is 7.06. The quantitative estimate of drug-likeness (QED) is 0.606. The van der Waals surface area contributed by atoms with Gasteiger partial charge in [-0.25, -0.2) is 4.98 Å². The van der Waals surface area contributed by atoms with E-state index in [2.05, 4.69) is 15.6 Å². The largest absolute Gasteiger partial charge is 0.446 e. The second-order valence-corrected chi connectivity index (χ2v) is 7.49. The van der Waals surface area contributed by atoms with Gasteiger partial charge in [0.2, 0.25) is 11.8 Å². The topological polar surface area (TPSA) is 84.2 Å². The van der Waals surface area contributed by atoms with Gasteiger partial charge in [0.05, 0.1) is 0 Å². The van der Waals surface area contributed by atoms with E-state index < -0.39 is 11.9 Å². The van der Waals surface area contributed by atoms with Crippen molar-refractivity contribution >= 4 is 29.1 Å². The number of carbonyl (C=O) groups is 2. The molecule has 0 radical (unpaired) electrons. The third-order valence-electron chi connectivity index (χ3n) is 4.70. The zero-order valence-corrected chi connectivity index (χ0v) is 16.4. The summed E-state index contributed by atoms with van der Waals surface area (Å²) in [6.45, 7) is 0. The van der Waals surface area contributed by atoms with E-state index in [1.165, 1.54) is 6.26 Å². The van der Waals surface area contributed by atoms with Crippen molar-refractivity contribution in [2.24, 2.45) is 5.92 Å². The predicted octanol–water partition coefficient (Wildman–Crippen LogP) is 4.39. The maximum absolute atomic E-state index is 12.5. The van der Waals surface area contributed by atoms with Crippen LogP contribution >= 0.6 is 11.6 Å². The summed E-state index contributed by atoms with van der Waals surface area (Å²) in [5.74, 6) is -0.0226. The van der Waals surface area contributed by atoms with Gasteiger partial charge in [0.1, 0.15) is 12.3 Å². The van der Waals surface area contributed by atoms with E-state index in [1.54, 1.807) is 24.3 Å².